The molecule has 0 bridgehead atoms. The first-order valence-electron chi connectivity index (χ1n) is 3.94. The number of hydrogen-bond acceptors (Lipinski definition) is 0. The fraction of sp³-hybridized carbons (Fsp3) is 0.556. The standard InChI is InChI=1S/C9H11.2ClH.Ti/c1-2-5-9-7-3-6-8(9)4-1;;;/h1-2,4-6,8-9H,3,7H2;2*1H;/q;;;+2/p-2. The molecule has 0 amide bonds. The molecule has 3 unspecified atom stereocenters. The summed E-state index contributed by atoms with van der Waals surface area (Å²) < 4.78 is 0.922. The van der Waals surface area contributed by atoms with Gasteiger partial charge in [0.1, 0.15) is 0 Å². The Balaban J connectivity index is 0.000000605. The van der Waals surface area contributed by atoms with Gasteiger partial charge in [-0.2, -0.15) is 0 Å². The van der Waals surface area contributed by atoms with E-state index in [-0.39, 0.29) is 24.8 Å². The topological polar surface area (TPSA) is 0 Å². The molecule has 2 rings (SSSR count). The third-order valence-electron chi connectivity index (χ3n) is 2.57. The molecule has 0 radical (unpaired) electrons. The van der Waals surface area contributed by atoms with Crippen LogP contribution in [0.2, 0.25) is 4.22 Å². The Morgan fingerprint density at radius 3 is 2.33 bits per heavy atom. The maximum absolute atomic E-state index is 2.38. The second-order valence-electron chi connectivity index (χ2n) is 3.19. The van der Waals surface area contributed by atoms with Gasteiger partial charge >= 0.3 is 73.6 Å². The van der Waals surface area contributed by atoms with E-state index in [4.69, 9.17) is 0 Å². The molecule has 0 nitrogen and oxygen atoms in total. The SMILES string of the molecule is [Cl-].[Cl-].[Ti+2][CH]1CCC2C=CC=CC12. The zero-order valence-electron chi connectivity index (χ0n) is 6.71. The summed E-state index contributed by atoms with van der Waals surface area (Å²) in [5, 5.41) is 0. The van der Waals surface area contributed by atoms with Crippen molar-refractivity contribution in [2.24, 2.45) is 11.8 Å². The Hall–Kier alpha value is 0.774. The quantitative estimate of drug-likeness (QED) is 0.384. The van der Waals surface area contributed by atoms with Crippen LogP contribution in [0, 0.1) is 11.8 Å². The molecule has 1 saturated carbocycles. The summed E-state index contributed by atoms with van der Waals surface area (Å²) in [5.74, 6) is 1.74. The second kappa shape index (κ2) is 5.49. The van der Waals surface area contributed by atoms with Gasteiger partial charge in [-0.05, 0) is 0 Å². The molecule has 0 heterocycles. The van der Waals surface area contributed by atoms with Crippen LogP contribution in [0.25, 0.3) is 0 Å². The van der Waals surface area contributed by atoms with Gasteiger partial charge < -0.3 is 24.8 Å². The Bertz CT molecular complexity index is 189. The number of hydrogen-bond donors (Lipinski definition) is 0. The van der Waals surface area contributed by atoms with E-state index in [1.54, 1.807) is 0 Å². The van der Waals surface area contributed by atoms with Crippen molar-refractivity contribution in [2.45, 2.75) is 17.1 Å². The predicted octanol–water partition coefficient (Wildman–Crippen LogP) is -3.52. The number of allylic oxidation sites excluding steroid dienone is 4. The molecule has 2 aliphatic carbocycles. The molecule has 12 heavy (non-hydrogen) atoms. The number of fused-ring (bicyclic) bond motifs is 1. The molecule has 0 spiro atoms. The molecule has 3 heteroatoms. The van der Waals surface area contributed by atoms with E-state index in [9.17, 15) is 0 Å². The first-order chi connectivity index (χ1) is 4.88. The summed E-state index contributed by atoms with van der Waals surface area (Å²) >= 11 is 2.37. The van der Waals surface area contributed by atoms with E-state index >= 15 is 0 Å². The summed E-state index contributed by atoms with van der Waals surface area (Å²) in [7, 11) is 0. The minimum atomic E-state index is 0. The van der Waals surface area contributed by atoms with E-state index in [2.05, 4.69) is 44.7 Å². The first-order valence-corrected chi connectivity index (χ1v) is 4.84. The van der Waals surface area contributed by atoms with Gasteiger partial charge in [0, 0.05) is 0 Å². The van der Waals surface area contributed by atoms with E-state index in [0.717, 1.165) is 16.1 Å². The van der Waals surface area contributed by atoms with Crippen LogP contribution in [-0.2, 0) is 20.4 Å². The van der Waals surface area contributed by atoms with Gasteiger partial charge in [-0.1, -0.05) is 0 Å². The van der Waals surface area contributed by atoms with E-state index in [1.807, 2.05) is 0 Å². The van der Waals surface area contributed by atoms with E-state index in [1.165, 1.54) is 12.8 Å². The molecule has 0 aromatic heterocycles. The van der Waals surface area contributed by atoms with Crippen molar-refractivity contribution < 1.29 is 45.2 Å². The van der Waals surface area contributed by atoms with Crippen molar-refractivity contribution >= 4 is 0 Å². The van der Waals surface area contributed by atoms with Crippen molar-refractivity contribution in [1.82, 2.24) is 0 Å². The fourth-order valence-electron chi connectivity index (χ4n) is 1.96. The van der Waals surface area contributed by atoms with E-state index in [0.29, 0.717) is 0 Å². The van der Waals surface area contributed by atoms with Gasteiger partial charge in [-0.3, -0.25) is 0 Å². The summed E-state index contributed by atoms with van der Waals surface area (Å²) in [6, 6.07) is 0. The Morgan fingerprint density at radius 1 is 1.00 bits per heavy atom. The monoisotopic (exact) mass is 237 g/mol. The van der Waals surface area contributed by atoms with Gasteiger partial charge in [0.05, 0.1) is 0 Å². The van der Waals surface area contributed by atoms with Crippen molar-refractivity contribution in [3.63, 3.8) is 0 Å². The molecule has 3 atom stereocenters. The van der Waals surface area contributed by atoms with Crippen molar-refractivity contribution in [3.05, 3.63) is 24.3 Å². The van der Waals surface area contributed by atoms with Crippen LogP contribution in [0.3, 0.4) is 0 Å². The molecule has 2 aliphatic rings. The summed E-state index contributed by atoms with van der Waals surface area (Å²) in [5.41, 5.74) is 0. The Kier molecular flexibility index (Phi) is 5.85. The summed E-state index contributed by atoms with van der Waals surface area (Å²) in [4.78, 5) is 0. The Labute approximate surface area is 98.1 Å². The van der Waals surface area contributed by atoms with Gasteiger partial charge in [0.15, 0.2) is 0 Å². The van der Waals surface area contributed by atoms with Crippen LogP contribution in [0.5, 0.6) is 0 Å². The molecule has 0 aromatic carbocycles. The molecule has 0 N–H and O–H groups in total. The summed E-state index contributed by atoms with van der Waals surface area (Å²) in [6.07, 6.45) is 12.0. The molecular weight excluding hydrogens is 227 g/mol. The third kappa shape index (κ3) is 2.39. The van der Waals surface area contributed by atoms with Crippen LogP contribution in [0.4, 0.5) is 0 Å². The zero-order chi connectivity index (χ0) is 6.97. The maximum atomic E-state index is 2.38. The average molecular weight is 238 g/mol. The number of rotatable bonds is 0. The van der Waals surface area contributed by atoms with Gasteiger partial charge in [0.2, 0.25) is 0 Å². The van der Waals surface area contributed by atoms with Crippen molar-refractivity contribution in [3.8, 4) is 0 Å². The second-order valence-corrected chi connectivity index (χ2v) is 4.35. The van der Waals surface area contributed by atoms with Gasteiger partial charge in [-0.15, -0.1) is 0 Å². The number of halogens is 2. The van der Waals surface area contributed by atoms with Crippen LogP contribution < -0.4 is 24.8 Å². The third-order valence-corrected chi connectivity index (χ3v) is 3.62. The van der Waals surface area contributed by atoms with Gasteiger partial charge in [0.25, 0.3) is 0 Å². The van der Waals surface area contributed by atoms with Crippen LogP contribution in [-0.4, -0.2) is 0 Å². The van der Waals surface area contributed by atoms with Crippen molar-refractivity contribution in [2.75, 3.05) is 0 Å². The van der Waals surface area contributed by atoms with Crippen LogP contribution in [0.1, 0.15) is 12.8 Å². The normalized spacial score (nSPS) is 36.7. The molecule has 1 fully saturated rings. The fourth-order valence-corrected chi connectivity index (χ4v) is 2.78. The van der Waals surface area contributed by atoms with Crippen LogP contribution in [0.15, 0.2) is 24.3 Å². The first kappa shape index (κ1) is 12.8. The molecule has 0 aliphatic heterocycles. The van der Waals surface area contributed by atoms with Gasteiger partial charge in [-0.25, -0.2) is 0 Å². The minimum absolute atomic E-state index is 0. The molecular formula is C9H11Cl2Ti. The molecule has 0 saturated heterocycles. The predicted molar refractivity (Wildman–Crippen MR) is 38.2 cm³/mol. The van der Waals surface area contributed by atoms with Crippen molar-refractivity contribution in [1.29, 1.82) is 0 Å². The molecule has 65 valence electrons. The Morgan fingerprint density at radius 2 is 1.67 bits per heavy atom. The van der Waals surface area contributed by atoms with Crippen LogP contribution >= 0.6 is 0 Å². The zero-order valence-corrected chi connectivity index (χ0v) is 9.79. The molecule has 0 aromatic rings. The average Bonchev–Trinajstić information content (AvgIpc) is 2.34. The van der Waals surface area contributed by atoms with E-state index < -0.39 is 0 Å². The summed E-state index contributed by atoms with van der Waals surface area (Å²) in [6.45, 7) is 0.